The zero-order valence-corrected chi connectivity index (χ0v) is 19.4. The zero-order valence-electron chi connectivity index (χ0n) is 15.5. The number of hydrogen-bond donors (Lipinski definition) is 0. The molecule has 0 aromatic heterocycles. The highest BCUT2D eigenvalue weighted by Gasteiger charge is 2.48. The molecule has 2 aromatic carbocycles. The molecule has 0 N–H and O–H groups in total. The fraction of sp³-hybridized carbons (Fsp3) is 0.316. The van der Waals surface area contributed by atoms with Gasteiger partial charge < -0.3 is 4.90 Å². The van der Waals surface area contributed by atoms with E-state index in [1.165, 1.54) is 16.7 Å². The first-order valence-corrected chi connectivity index (χ1v) is 12.9. The fourth-order valence-electron chi connectivity index (χ4n) is 3.57. The summed E-state index contributed by atoms with van der Waals surface area (Å²) in [5.41, 5.74) is 0.0494. The fourth-order valence-corrected chi connectivity index (χ4v) is 7.00. The highest BCUT2D eigenvalue weighted by atomic mass is 35.5. The number of sulfone groups is 1. The molecule has 1 fully saturated rings. The van der Waals surface area contributed by atoms with Crippen molar-refractivity contribution < 1.29 is 21.6 Å². The summed E-state index contributed by atoms with van der Waals surface area (Å²) >= 11 is 19.5. The Hall–Kier alpha value is -1.13. The minimum Gasteiger partial charge on any atom is -0.313 e. The Morgan fingerprint density at radius 1 is 1.03 bits per heavy atom. The van der Waals surface area contributed by atoms with Gasteiger partial charge in [0.25, 0.3) is 0 Å². The average Bonchev–Trinajstić information content (AvgIpc) is 3.13. The normalized spacial score (nSPS) is 22.5. The van der Waals surface area contributed by atoms with E-state index >= 15 is 0 Å². The predicted molar refractivity (Wildman–Crippen MR) is 120 cm³/mol. The van der Waals surface area contributed by atoms with Gasteiger partial charge in [-0.05, 0) is 35.9 Å². The monoisotopic (exact) mass is 528 g/mol. The van der Waals surface area contributed by atoms with Gasteiger partial charge >= 0.3 is 6.18 Å². The van der Waals surface area contributed by atoms with Crippen LogP contribution in [0, 0.1) is 0 Å². The number of fused-ring (bicyclic) bond motifs is 1. The van der Waals surface area contributed by atoms with Crippen molar-refractivity contribution in [2.24, 2.45) is 4.99 Å². The Morgan fingerprint density at radius 3 is 2.42 bits per heavy atom. The van der Waals surface area contributed by atoms with Gasteiger partial charge in [0.1, 0.15) is 0 Å². The summed E-state index contributed by atoms with van der Waals surface area (Å²) in [5, 5.41) is 1.29. The first-order chi connectivity index (χ1) is 14.4. The number of amidine groups is 1. The molecule has 2 aliphatic rings. The third-order valence-electron chi connectivity index (χ3n) is 4.99. The zero-order chi connectivity index (χ0) is 22.6. The number of rotatable bonds is 3. The molecule has 2 heterocycles. The molecule has 0 saturated carbocycles. The van der Waals surface area contributed by atoms with Crippen molar-refractivity contribution in [2.45, 2.75) is 24.0 Å². The summed E-state index contributed by atoms with van der Waals surface area (Å²) in [6, 6.07) is 6.95. The van der Waals surface area contributed by atoms with Gasteiger partial charge in [0.2, 0.25) is 0 Å². The summed E-state index contributed by atoms with van der Waals surface area (Å²) in [4.78, 5) is 6.04. The number of nitrogens with zero attached hydrogens (tertiary/aromatic N) is 2. The van der Waals surface area contributed by atoms with Crippen molar-refractivity contribution in [1.29, 1.82) is 0 Å². The van der Waals surface area contributed by atoms with Gasteiger partial charge in [-0.1, -0.05) is 52.6 Å². The Morgan fingerprint density at radius 2 is 1.74 bits per heavy atom. The van der Waals surface area contributed by atoms with E-state index in [9.17, 15) is 21.6 Å². The molecule has 0 aliphatic carbocycles. The van der Waals surface area contributed by atoms with Gasteiger partial charge in [-0.25, -0.2) is 8.42 Å². The summed E-state index contributed by atoms with van der Waals surface area (Å²) < 4.78 is 64.2. The van der Waals surface area contributed by atoms with Crippen LogP contribution in [0.5, 0.6) is 0 Å². The van der Waals surface area contributed by atoms with E-state index in [0.717, 1.165) is 23.8 Å². The molecule has 0 spiro atoms. The molecule has 4 rings (SSSR count). The molecule has 166 valence electrons. The molecule has 0 radical (unpaired) electrons. The van der Waals surface area contributed by atoms with Gasteiger partial charge in [-0.2, -0.15) is 13.2 Å². The molecule has 4 nitrogen and oxygen atoms in total. The van der Waals surface area contributed by atoms with E-state index in [1.54, 1.807) is 18.2 Å². The van der Waals surface area contributed by atoms with E-state index in [2.05, 4.69) is 4.99 Å². The van der Waals surface area contributed by atoms with Crippen LogP contribution in [0.15, 0.2) is 41.4 Å². The van der Waals surface area contributed by atoms with E-state index in [4.69, 9.17) is 34.8 Å². The summed E-state index contributed by atoms with van der Waals surface area (Å²) in [7, 11) is -3.35. The molecule has 12 heteroatoms. The van der Waals surface area contributed by atoms with Crippen LogP contribution in [0.4, 0.5) is 18.9 Å². The SMILES string of the molecule is O=S1(=O)C[C@@H]2N=C(SCc3ccc(Cl)c(Cl)c3)N(c3cc(C(F)(F)F)ccc3Cl)[C@@H]2C1. The van der Waals surface area contributed by atoms with Crippen LogP contribution in [0.3, 0.4) is 0 Å². The van der Waals surface area contributed by atoms with Crippen molar-refractivity contribution in [3.8, 4) is 0 Å². The quantitative estimate of drug-likeness (QED) is 0.494. The van der Waals surface area contributed by atoms with Crippen LogP contribution >= 0.6 is 46.6 Å². The first kappa shape index (κ1) is 23.0. The molecular formula is C19H14Cl3F3N2O2S2. The van der Waals surface area contributed by atoms with Crippen molar-refractivity contribution >= 4 is 67.3 Å². The van der Waals surface area contributed by atoms with Gasteiger partial charge in [-0.3, -0.25) is 4.99 Å². The summed E-state index contributed by atoms with van der Waals surface area (Å²) in [5.74, 6) is 0.0567. The van der Waals surface area contributed by atoms with Gasteiger partial charge in [0, 0.05) is 5.75 Å². The molecule has 0 unspecified atom stereocenters. The third-order valence-corrected chi connectivity index (χ3v) is 8.79. The van der Waals surface area contributed by atoms with Crippen molar-refractivity contribution in [2.75, 3.05) is 16.4 Å². The van der Waals surface area contributed by atoms with Gasteiger partial charge in [-0.15, -0.1) is 0 Å². The standard InChI is InChI=1S/C19H14Cl3F3N2O2S2/c20-12-3-1-10(5-14(12)22)7-30-18-26-15-8-31(28,29)9-17(15)27(18)16-6-11(19(23,24)25)2-4-13(16)21/h1-6,15,17H,7-9H2/t15-,17+/m0/s1. The van der Waals surface area contributed by atoms with Crippen LogP contribution in [0.2, 0.25) is 15.1 Å². The lowest BCUT2D eigenvalue weighted by atomic mass is 10.1. The van der Waals surface area contributed by atoms with Crippen LogP contribution < -0.4 is 4.90 Å². The molecular weight excluding hydrogens is 516 g/mol. The average molecular weight is 530 g/mol. The largest absolute Gasteiger partial charge is 0.416 e. The topological polar surface area (TPSA) is 49.7 Å². The number of anilines is 1. The third kappa shape index (κ3) is 4.80. The van der Waals surface area contributed by atoms with Crippen molar-refractivity contribution in [1.82, 2.24) is 0 Å². The van der Waals surface area contributed by atoms with E-state index in [0.29, 0.717) is 21.0 Å². The molecule has 31 heavy (non-hydrogen) atoms. The number of alkyl halides is 3. The Labute approximate surface area is 196 Å². The predicted octanol–water partition coefficient (Wildman–Crippen LogP) is 5.94. The van der Waals surface area contributed by atoms with Crippen LogP contribution in [-0.2, 0) is 21.8 Å². The van der Waals surface area contributed by atoms with Crippen LogP contribution in [0.25, 0.3) is 0 Å². The first-order valence-electron chi connectivity index (χ1n) is 8.95. The minimum absolute atomic E-state index is 0.0841. The second-order valence-corrected chi connectivity index (χ2v) is 11.5. The Kier molecular flexibility index (Phi) is 6.20. The maximum absolute atomic E-state index is 13.3. The van der Waals surface area contributed by atoms with Gasteiger partial charge in [0.15, 0.2) is 15.0 Å². The molecule has 2 atom stereocenters. The molecule has 0 bridgehead atoms. The molecule has 0 amide bonds. The maximum atomic E-state index is 13.3. The maximum Gasteiger partial charge on any atom is 0.416 e. The second-order valence-electron chi connectivity index (χ2n) is 7.19. The Bertz CT molecular complexity index is 1170. The smallest absolute Gasteiger partial charge is 0.313 e. The highest BCUT2D eigenvalue weighted by Crippen LogP contribution is 2.42. The van der Waals surface area contributed by atoms with Crippen LogP contribution in [0.1, 0.15) is 11.1 Å². The van der Waals surface area contributed by atoms with Gasteiger partial charge in [0.05, 0.1) is 49.9 Å². The summed E-state index contributed by atoms with van der Waals surface area (Å²) in [6.07, 6.45) is -4.56. The minimum atomic E-state index is -4.56. The van der Waals surface area contributed by atoms with Crippen LogP contribution in [-0.4, -0.2) is 37.2 Å². The highest BCUT2D eigenvalue weighted by molar-refractivity contribution is 8.13. The number of benzene rings is 2. The lowest BCUT2D eigenvalue weighted by molar-refractivity contribution is -0.137. The molecule has 2 aliphatic heterocycles. The van der Waals surface area contributed by atoms with E-state index < -0.39 is 33.7 Å². The summed E-state index contributed by atoms with van der Waals surface area (Å²) in [6.45, 7) is 0. The Balaban J connectivity index is 1.69. The number of aliphatic imine (C=N–C) groups is 1. The second kappa shape index (κ2) is 8.33. The lowest BCUT2D eigenvalue weighted by Crippen LogP contribution is -2.39. The number of thioether (sulfide) groups is 1. The lowest BCUT2D eigenvalue weighted by Gasteiger charge is -2.28. The van der Waals surface area contributed by atoms with Crippen molar-refractivity contribution in [3.63, 3.8) is 0 Å². The number of hydrogen-bond acceptors (Lipinski definition) is 5. The van der Waals surface area contributed by atoms with E-state index in [1.807, 2.05) is 0 Å². The van der Waals surface area contributed by atoms with Crippen molar-refractivity contribution in [3.05, 3.63) is 62.6 Å². The molecule has 1 saturated heterocycles. The molecule has 2 aromatic rings. The van der Waals surface area contributed by atoms with E-state index in [-0.39, 0.29) is 22.2 Å². The number of halogens is 6.